The highest BCUT2D eigenvalue weighted by Crippen LogP contribution is 2.31. The zero-order valence-corrected chi connectivity index (χ0v) is 15.7. The molecule has 9 nitrogen and oxygen atoms in total. The molecule has 0 spiro atoms. The largest absolute Gasteiger partial charge is 0.368 e. The summed E-state index contributed by atoms with van der Waals surface area (Å²) in [6, 6.07) is 3.18. The molecule has 0 aliphatic carbocycles. The lowest BCUT2D eigenvalue weighted by Crippen LogP contribution is -2.43. The number of carbonyl (C=O) groups is 2. The molecule has 0 bridgehead atoms. The molecule has 0 aliphatic rings. The van der Waals surface area contributed by atoms with E-state index < -0.39 is 17.9 Å². The Morgan fingerprint density at radius 3 is 2.78 bits per heavy atom. The maximum atomic E-state index is 11.8. The van der Waals surface area contributed by atoms with Crippen molar-refractivity contribution >= 4 is 50.8 Å². The van der Waals surface area contributed by atoms with Crippen LogP contribution < -0.4 is 21.7 Å². The number of hydrogen-bond acceptors (Lipinski definition) is 8. The van der Waals surface area contributed by atoms with Crippen LogP contribution in [0.4, 0.5) is 17.5 Å². The van der Waals surface area contributed by atoms with E-state index in [0.29, 0.717) is 6.42 Å². The second-order valence-electron chi connectivity index (χ2n) is 5.86. The van der Waals surface area contributed by atoms with Crippen LogP contribution in [0.15, 0.2) is 29.9 Å². The third-order valence-electron chi connectivity index (χ3n) is 4.14. The normalized spacial score (nSPS) is 11.9. The van der Waals surface area contributed by atoms with Crippen molar-refractivity contribution in [2.45, 2.75) is 19.4 Å². The van der Waals surface area contributed by atoms with Gasteiger partial charge in [-0.25, -0.2) is 9.97 Å². The highest BCUT2D eigenvalue weighted by atomic mass is 32.1. The Morgan fingerprint density at radius 1 is 1.33 bits per heavy atom. The Kier molecular flexibility index (Phi) is 5.17. The van der Waals surface area contributed by atoms with Gasteiger partial charge < -0.3 is 21.7 Å². The monoisotopic (exact) mass is 385 g/mol. The van der Waals surface area contributed by atoms with Gasteiger partial charge in [-0.3, -0.25) is 9.59 Å². The average molecular weight is 385 g/mol. The molecule has 0 saturated heterocycles. The van der Waals surface area contributed by atoms with E-state index in [4.69, 9.17) is 11.5 Å². The van der Waals surface area contributed by atoms with Gasteiger partial charge in [0.15, 0.2) is 0 Å². The number of hydrogen-bond donors (Lipinski definition) is 3. The molecule has 3 aromatic heterocycles. The molecule has 1 unspecified atom stereocenters. The van der Waals surface area contributed by atoms with E-state index in [9.17, 15) is 9.59 Å². The van der Waals surface area contributed by atoms with Crippen molar-refractivity contribution in [1.82, 2.24) is 15.0 Å². The lowest BCUT2D eigenvalue weighted by molar-refractivity contribution is -0.119. The van der Waals surface area contributed by atoms with Crippen LogP contribution in [-0.2, 0) is 4.79 Å². The van der Waals surface area contributed by atoms with Crippen LogP contribution in [0.1, 0.15) is 23.7 Å². The molecule has 10 heteroatoms. The molecular weight excluding hydrogens is 366 g/mol. The smallest absolute Gasteiger partial charge is 0.254 e. The first-order valence-electron chi connectivity index (χ1n) is 8.20. The number of nitrogens with two attached hydrogens (primary N) is 2. The van der Waals surface area contributed by atoms with Crippen LogP contribution >= 0.6 is 11.3 Å². The summed E-state index contributed by atoms with van der Waals surface area (Å²) in [4.78, 5) is 38.7. The van der Waals surface area contributed by atoms with E-state index in [-0.39, 0.29) is 17.3 Å². The number of likely N-dealkylation sites (N-methyl/N-ethyl adjacent to an activating group) is 1. The molecule has 0 aliphatic heterocycles. The van der Waals surface area contributed by atoms with Crippen molar-refractivity contribution in [3.05, 3.63) is 35.5 Å². The number of carbonyl (C=O) groups excluding carboxylic acids is 2. The Hall–Kier alpha value is -3.27. The highest BCUT2D eigenvalue weighted by molar-refractivity contribution is 7.17. The minimum Gasteiger partial charge on any atom is -0.368 e. The number of anilines is 3. The molecule has 0 radical (unpaired) electrons. The Bertz CT molecular complexity index is 1000. The summed E-state index contributed by atoms with van der Waals surface area (Å²) in [7, 11) is 1.67. The molecular formula is C17H19N7O2S. The second-order valence-corrected chi connectivity index (χ2v) is 6.72. The third-order valence-corrected chi connectivity index (χ3v) is 5.04. The summed E-state index contributed by atoms with van der Waals surface area (Å²) in [5, 5.41) is 5.91. The van der Waals surface area contributed by atoms with Crippen LogP contribution in [0, 0.1) is 0 Å². The molecule has 3 aromatic rings. The number of pyridine rings is 1. The van der Waals surface area contributed by atoms with E-state index in [0.717, 1.165) is 15.9 Å². The maximum absolute atomic E-state index is 11.8. The Balaban J connectivity index is 2.02. The molecule has 3 heterocycles. The lowest BCUT2D eigenvalue weighted by atomic mass is 10.2. The maximum Gasteiger partial charge on any atom is 0.254 e. The van der Waals surface area contributed by atoms with Crippen molar-refractivity contribution in [2.24, 2.45) is 11.5 Å². The van der Waals surface area contributed by atoms with E-state index in [1.807, 2.05) is 24.4 Å². The van der Waals surface area contributed by atoms with Crippen molar-refractivity contribution in [2.75, 3.05) is 17.3 Å². The minimum absolute atomic E-state index is 0.141. The summed E-state index contributed by atoms with van der Waals surface area (Å²) >= 11 is 1.47. The predicted molar refractivity (Wildman–Crippen MR) is 105 cm³/mol. The quantitative estimate of drug-likeness (QED) is 0.561. The molecule has 0 aromatic carbocycles. The number of rotatable bonds is 7. The van der Waals surface area contributed by atoms with Gasteiger partial charge >= 0.3 is 0 Å². The fourth-order valence-corrected chi connectivity index (χ4v) is 3.56. The minimum atomic E-state index is -0.661. The lowest BCUT2D eigenvalue weighted by Gasteiger charge is -2.25. The molecule has 140 valence electrons. The van der Waals surface area contributed by atoms with Gasteiger partial charge in [0.2, 0.25) is 11.9 Å². The van der Waals surface area contributed by atoms with Crippen LogP contribution in [0.5, 0.6) is 0 Å². The number of amides is 2. The second kappa shape index (κ2) is 7.54. The van der Waals surface area contributed by atoms with Gasteiger partial charge in [-0.05, 0) is 18.6 Å². The number of primary amides is 2. The Morgan fingerprint density at radius 2 is 2.11 bits per heavy atom. The van der Waals surface area contributed by atoms with Crippen LogP contribution in [0.2, 0.25) is 0 Å². The van der Waals surface area contributed by atoms with Crippen LogP contribution in [0.25, 0.3) is 10.2 Å². The number of nitrogens with zero attached hydrogens (tertiary/aromatic N) is 4. The van der Waals surface area contributed by atoms with E-state index >= 15 is 0 Å². The number of aromatic nitrogens is 3. The first-order chi connectivity index (χ1) is 12.9. The number of thiophene rings is 1. The van der Waals surface area contributed by atoms with Gasteiger partial charge in [0.1, 0.15) is 22.3 Å². The van der Waals surface area contributed by atoms with Gasteiger partial charge in [-0.1, -0.05) is 6.92 Å². The zero-order chi connectivity index (χ0) is 19.6. The van der Waals surface area contributed by atoms with Crippen LogP contribution in [0.3, 0.4) is 0 Å². The standard InChI is InChI=1S/C17H19N7O2S/c1-3-12(14(19)26)24(2)17-21-7-10(13(18)25)15(23-17)22-11-8-27-16-9(11)5-4-6-20-16/h4-8,12H,3H2,1-2H3,(H2,18,25)(H2,19,26)(H,21,22,23). The fraction of sp³-hybridized carbons (Fsp3) is 0.235. The van der Waals surface area contributed by atoms with Crippen molar-refractivity contribution < 1.29 is 9.59 Å². The fourth-order valence-electron chi connectivity index (χ4n) is 2.72. The zero-order valence-electron chi connectivity index (χ0n) is 14.8. The van der Waals surface area contributed by atoms with Gasteiger partial charge in [0, 0.05) is 30.2 Å². The molecule has 1 atom stereocenters. The molecule has 0 saturated carbocycles. The number of nitrogens with one attached hydrogen (secondary N) is 1. The van der Waals surface area contributed by atoms with Crippen molar-refractivity contribution in [3.8, 4) is 0 Å². The van der Waals surface area contributed by atoms with Gasteiger partial charge in [0.05, 0.1) is 5.69 Å². The van der Waals surface area contributed by atoms with E-state index in [1.165, 1.54) is 17.5 Å². The predicted octanol–water partition coefficient (Wildman–Crippen LogP) is 1.63. The summed E-state index contributed by atoms with van der Waals surface area (Å²) in [5.41, 5.74) is 11.8. The first-order valence-corrected chi connectivity index (χ1v) is 9.08. The highest BCUT2D eigenvalue weighted by Gasteiger charge is 2.23. The van der Waals surface area contributed by atoms with E-state index in [1.54, 1.807) is 18.1 Å². The van der Waals surface area contributed by atoms with Crippen LogP contribution in [-0.4, -0.2) is 39.9 Å². The van der Waals surface area contributed by atoms with Crippen molar-refractivity contribution in [1.29, 1.82) is 0 Å². The topological polar surface area (TPSA) is 140 Å². The average Bonchev–Trinajstić information content (AvgIpc) is 3.04. The molecule has 5 N–H and O–H groups in total. The van der Waals surface area contributed by atoms with Gasteiger partial charge in [-0.2, -0.15) is 4.98 Å². The number of fused-ring (bicyclic) bond motifs is 1. The molecule has 3 rings (SSSR count). The SMILES string of the molecule is CCC(C(N)=O)N(C)c1ncc(C(N)=O)c(Nc2csc3ncccc23)n1. The summed E-state index contributed by atoms with van der Waals surface area (Å²) in [6.07, 6.45) is 3.55. The van der Waals surface area contributed by atoms with Gasteiger partial charge in [-0.15, -0.1) is 11.3 Å². The summed E-state index contributed by atoms with van der Waals surface area (Å²) < 4.78 is 0. The van der Waals surface area contributed by atoms with Gasteiger partial charge in [0.25, 0.3) is 5.91 Å². The molecule has 2 amide bonds. The summed E-state index contributed by atoms with van der Waals surface area (Å²) in [6.45, 7) is 1.84. The van der Waals surface area contributed by atoms with E-state index in [2.05, 4.69) is 20.3 Å². The molecule has 0 fully saturated rings. The third kappa shape index (κ3) is 3.65. The first kappa shape index (κ1) is 18.5. The molecule has 27 heavy (non-hydrogen) atoms. The Labute approximate surface area is 159 Å². The van der Waals surface area contributed by atoms with Crippen molar-refractivity contribution in [3.63, 3.8) is 0 Å². The summed E-state index contributed by atoms with van der Waals surface area (Å²) in [5.74, 6) is -0.633.